The van der Waals surface area contributed by atoms with Gasteiger partial charge < -0.3 is 10.5 Å². The van der Waals surface area contributed by atoms with Gasteiger partial charge >= 0.3 is 0 Å². The van der Waals surface area contributed by atoms with E-state index in [-0.39, 0.29) is 18.1 Å². The molecule has 0 aliphatic rings. The minimum absolute atomic E-state index is 0.0962. The van der Waals surface area contributed by atoms with E-state index < -0.39 is 0 Å². The van der Waals surface area contributed by atoms with Crippen LogP contribution in [0.5, 0.6) is 5.75 Å². The van der Waals surface area contributed by atoms with Crippen molar-refractivity contribution in [3.63, 3.8) is 0 Å². The Bertz CT molecular complexity index is 603. The topological polar surface area (TPSA) is 101 Å². The van der Waals surface area contributed by atoms with Crippen LogP contribution in [0.3, 0.4) is 0 Å². The van der Waals surface area contributed by atoms with Crippen LogP contribution < -0.4 is 16.0 Å². The molecule has 19 heavy (non-hydrogen) atoms. The maximum Gasteiger partial charge on any atom is 0.270 e. The number of hydrogen-bond donors (Lipinski definition) is 1. The van der Waals surface area contributed by atoms with Crippen molar-refractivity contribution in [2.75, 3.05) is 6.61 Å². The summed E-state index contributed by atoms with van der Waals surface area (Å²) in [5.74, 6) is 1.07. The molecule has 0 spiro atoms. The fraction of sp³-hybridized carbons (Fsp3) is 0.455. The average molecular weight is 264 g/mol. The van der Waals surface area contributed by atoms with Gasteiger partial charge in [-0.3, -0.25) is 9.48 Å². The van der Waals surface area contributed by atoms with Crippen LogP contribution in [0.2, 0.25) is 0 Å². The van der Waals surface area contributed by atoms with Gasteiger partial charge in [0.15, 0.2) is 0 Å². The zero-order chi connectivity index (χ0) is 13.8. The summed E-state index contributed by atoms with van der Waals surface area (Å²) in [6.07, 6.45) is 2.92. The third kappa shape index (κ3) is 3.38. The lowest BCUT2D eigenvalue weighted by Gasteiger charge is -2.09. The molecule has 0 aliphatic carbocycles. The largest absolute Gasteiger partial charge is 0.490 e. The zero-order valence-electron chi connectivity index (χ0n) is 10.9. The Hall–Kier alpha value is -2.22. The van der Waals surface area contributed by atoms with Crippen molar-refractivity contribution >= 4 is 0 Å². The zero-order valence-corrected chi connectivity index (χ0v) is 10.9. The molecule has 0 aliphatic heterocycles. The highest BCUT2D eigenvalue weighted by Crippen LogP contribution is 2.04. The molecular weight excluding hydrogens is 248 g/mol. The van der Waals surface area contributed by atoms with E-state index in [2.05, 4.69) is 15.2 Å². The van der Waals surface area contributed by atoms with E-state index in [1.165, 1.54) is 23.3 Å². The highest BCUT2D eigenvalue weighted by Gasteiger charge is 2.06. The third-order valence-corrected chi connectivity index (χ3v) is 2.45. The number of nitrogens with zero attached hydrogens (tertiary/aromatic N) is 5. The molecule has 8 heteroatoms. The van der Waals surface area contributed by atoms with Gasteiger partial charge in [-0.1, -0.05) is 0 Å². The molecule has 2 N–H and O–H groups in total. The van der Waals surface area contributed by atoms with Gasteiger partial charge in [-0.2, -0.15) is 10.2 Å². The van der Waals surface area contributed by atoms with Crippen LogP contribution in [0.1, 0.15) is 12.7 Å². The lowest BCUT2D eigenvalue weighted by molar-refractivity contribution is 0.293. The number of nitrogens with two attached hydrogens (primary N) is 1. The van der Waals surface area contributed by atoms with E-state index in [4.69, 9.17) is 10.5 Å². The summed E-state index contributed by atoms with van der Waals surface area (Å²) >= 11 is 0. The maximum absolute atomic E-state index is 11.9. The molecule has 0 bridgehead atoms. The van der Waals surface area contributed by atoms with Gasteiger partial charge in [0.1, 0.15) is 31.1 Å². The second-order valence-electron chi connectivity index (χ2n) is 4.28. The first-order valence-corrected chi connectivity index (χ1v) is 5.84. The van der Waals surface area contributed by atoms with Crippen molar-refractivity contribution in [3.05, 3.63) is 34.8 Å². The summed E-state index contributed by atoms with van der Waals surface area (Å²) in [6, 6.07) is 1.28. The highest BCUT2D eigenvalue weighted by molar-refractivity contribution is 5.13. The summed E-state index contributed by atoms with van der Waals surface area (Å²) in [5.41, 5.74) is 5.31. The monoisotopic (exact) mass is 264 g/mol. The molecule has 2 aromatic heterocycles. The average Bonchev–Trinajstić information content (AvgIpc) is 2.75. The van der Waals surface area contributed by atoms with Crippen molar-refractivity contribution in [1.82, 2.24) is 24.5 Å². The number of aryl methyl sites for hydroxylation is 1. The molecule has 102 valence electrons. The Labute approximate surface area is 109 Å². The van der Waals surface area contributed by atoms with Crippen LogP contribution in [-0.4, -0.2) is 37.2 Å². The smallest absolute Gasteiger partial charge is 0.270 e. The highest BCUT2D eigenvalue weighted by atomic mass is 16.5. The molecule has 2 aromatic rings. The Morgan fingerprint density at radius 2 is 2.26 bits per heavy atom. The summed E-state index contributed by atoms with van der Waals surface area (Å²) in [5, 5.41) is 7.96. The molecule has 1 atom stereocenters. The van der Waals surface area contributed by atoms with Gasteiger partial charge in [0.25, 0.3) is 5.56 Å². The number of ether oxygens (including phenoxy) is 1. The normalized spacial score (nSPS) is 12.4. The molecular formula is C11H16N6O2. The molecule has 0 fully saturated rings. The molecule has 0 radical (unpaired) electrons. The van der Waals surface area contributed by atoms with Gasteiger partial charge in [-0.25, -0.2) is 9.67 Å². The quantitative estimate of drug-likeness (QED) is 0.754. The molecule has 0 saturated carbocycles. The number of rotatable bonds is 5. The number of hydrogen-bond acceptors (Lipinski definition) is 6. The van der Waals surface area contributed by atoms with Crippen molar-refractivity contribution in [1.29, 1.82) is 0 Å². The standard InChI is InChI=1S/C11H16N6O2/c1-8(12)6-19-9-3-11(18)17(14-4-9)5-10-13-7-15-16(10)2/h3-4,7-8H,5-6,12H2,1-2H3. The van der Waals surface area contributed by atoms with E-state index in [9.17, 15) is 4.79 Å². The van der Waals surface area contributed by atoms with E-state index in [1.54, 1.807) is 11.7 Å². The lowest BCUT2D eigenvalue weighted by Crippen LogP contribution is -2.26. The van der Waals surface area contributed by atoms with Gasteiger partial charge in [0, 0.05) is 19.2 Å². The number of aromatic nitrogens is 5. The molecule has 8 nitrogen and oxygen atoms in total. The molecule has 2 rings (SSSR count). The van der Waals surface area contributed by atoms with Gasteiger partial charge in [-0.05, 0) is 6.92 Å². The van der Waals surface area contributed by atoms with Crippen LogP contribution in [-0.2, 0) is 13.6 Å². The maximum atomic E-state index is 11.9. The summed E-state index contributed by atoms with van der Waals surface area (Å²) in [7, 11) is 1.76. The van der Waals surface area contributed by atoms with Crippen LogP contribution in [0.4, 0.5) is 0 Å². The molecule has 0 aromatic carbocycles. The third-order valence-electron chi connectivity index (χ3n) is 2.45. The Morgan fingerprint density at radius 3 is 2.84 bits per heavy atom. The van der Waals surface area contributed by atoms with Crippen LogP contribution >= 0.6 is 0 Å². The fourth-order valence-corrected chi connectivity index (χ4v) is 1.44. The first-order valence-electron chi connectivity index (χ1n) is 5.84. The molecule has 1 unspecified atom stereocenters. The summed E-state index contributed by atoms with van der Waals surface area (Å²) < 4.78 is 8.21. The fourth-order valence-electron chi connectivity index (χ4n) is 1.44. The van der Waals surface area contributed by atoms with E-state index >= 15 is 0 Å². The second kappa shape index (κ2) is 5.61. The van der Waals surface area contributed by atoms with Crippen molar-refractivity contribution in [3.8, 4) is 5.75 Å². The van der Waals surface area contributed by atoms with E-state index in [0.717, 1.165) is 0 Å². The van der Waals surface area contributed by atoms with Gasteiger partial charge in [0.05, 0.1) is 6.20 Å². The van der Waals surface area contributed by atoms with Crippen LogP contribution in [0, 0.1) is 0 Å². The Kier molecular flexibility index (Phi) is 3.91. The van der Waals surface area contributed by atoms with Gasteiger partial charge in [-0.15, -0.1) is 0 Å². The van der Waals surface area contributed by atoms with E-state index in [0.29, 0.717) is 18.2 Å². The van der Waals surface area contributed by atoms with Crippen LogP contribution in [0.15, 0.2) is 23.4 Å². The predicted octanol–water partition coefficient (Wildman–Crippen LogP) is -0.854. The Balaban J connectivity index is 2.11. The van der Waals surface area contributed by atoms with Crippen molar-refractivity contribution in [2.45, 2.75) is 19.5 Å². The second-order valence-corrected chi connectivity index (χ2v) is 4.28. The minimum atomic E-state index is -0.259. The van der Waals surface area contributed by atoms with Crippen LogP contribution in [0.25, 0.3) is 0 Å². The Morgan fingerprint density at radius 1 is 1.47 bits per heavy atom. The van der Waals surface area contributed by atoms with E-state index in [1.807, 2.05) is 6.92 Å². The molecule has 0 saturated heterocycles. The predicted molar refractivity (Wildman–Crippen MR) is 67.7 cm³/mol. The summed E-state index contributed by atoms with van der Waals surface area (Å²) in [6.45, 7) is 2.43. The lowest BCUT2D eigenvalue weighted by atomic mass is 10.4. The van der Waals surface area contributed by atoms with Gasteiger partial charge in [0.2, 0.25) is 0 Å². The first-order chi connectivity index (χ1) is 9.06. The summed E-state index contributed by atoms with van der Waals surface area (Å²) in [4.78, 5) is 15.9. The van der Waals surface area contributed by atoms with Crippen molar-refractivity contribution in [2.24, 2.45) is 12.8 Å². The first kappa shape index (κ1) is 13.2. The molecule has 2 heterocycles. The molecule has 0 amide bonds. The minimum Gasteiger partial charge on any atom is -0.490 e. The van der Waals surface area contributed by atoms with Crippen molar-refractivity contribution < 1.29 is 4.74 Å². The SMILES string of the molecule is CC(N)COc1cnn(Cc2ncnn2C)c(=O)c1.